The van der Waals surface area contributed by atoms with Gasteiger partial charge in [0.25, 0.3) is 0 Å². The maximum Gasteiger partial charge on any atom is 0.337 e. The molecule has 0 saturated heterocycles. The normalized spacial score (nSPS) is 18.1. The first-order valence-electron chi connectivity index (χ1n) is 5.80. The van der Waals surface area contributed by atoms with E-state index in [0.717, 1.165) is 5.56 Å². The number of carbonyl (C=O) groups is 3. The van der Waals surface area contributed by atoms with Crippen LogP contribution in [0.2, 0.25) is 0 Å². The van der Waals surface area contributed by atoms with Gasteiger partial charge >= 0.3 is 5.97 Å². The van der Waals surface area contributed by atoms with Crippen molar-refractivity contribution in [2.24, 2.45) is 5.92 Å². The fourth-order valence-corrected chi connectivity index (χ4v) is 2.28. The molecular formula is C14H14O4. The van der Waals surface area contributed by atoms with Crippen LogP contribution in [0.5, 0.6) is 0 Å². The lowest BCUT2D eigenvalue weighted by molar-refractivity contribution is -0.119. The van der Waals surface area contributed by atoms with Crippen LogP contribution in [0.15, 0.2) is 18.2 Å². The van der Waals surface area contributed by atoms with Gasteiger partial charge in [-0.25, -0.2) is 4.79 Å². The van der Waals surface area contributed by atoms with Gasteiger partial charge in [-0.1, -0.05) is 6.07 Å². The summed E-state index contributed by atoms with van der Waals surface area (Å²) in [7, 11) is 1.29. The smallest absolute Gasteiger partial charge is 0.337 e. The van der Waals surface area contributed by atoms with Crippen molar-refractivity contribution in [2.75, 3.05) is 7.11 Å². The summed E-state index contributed by atoms with van der Waals surface area (Å²) in [4.78, 5) is 35.0. The molecule has 1 aliphatic carbocycles. The summed E-state index contributed by atoms with van der Waals surface area (Å²) >= 11 is 0. The van der Waals surface area contributed by atoms with E-state index in [2.05, 4.69) is 4.74 Å². The van der Waals surface area contributed by atoms with E-state index in [1.165, 1.54) is 20.1 Å². The Kier molecular flexibility index (Phi) is 3.28. The molecule has 94 valence electrons. The summed E-state index contributed by atoms with van der Waals surface area (Å²) in [5, 5.41) is 0. The molecule has 0 aliphatic heterocycles. The second kappa shape index (κ2) is 4.72. The predicted octanol–water partition coefficient (Wildman–Crippen LogP) is 1.81. The molecule has 0 spiro atoms. The van der Waals surface area contributed by atoms with E-state index in [0.29, 0.717) is 24.0 Å². The minimum atomic E-state index is -0.564. The topological polar surface area (TPSA) is 60.4 Å². The third-order valence-electron chi connectivity index (χ3n) is 3.31. The number of Topliss-reactive ketones (excluding diaryl/α,β-unsaturated/α-hetero) is 2. The molecule has 0 saturated carbocycles. The Morgan fingerprint density at radius 2 is 2.06 bits per heavy atom. The number of fused-ring (bicyclic) bond motifs is 1. The summed E-state index contributed by atoms with van der Waals surface area (Å²) in [5.74, 6) is -1.34. The quantitative estimate of drug-likeness (QED) is 0.589. The molecule has 0 N–H and O–H groups in total. The number of aryl methyl sites for hydroxylation is 1. The molecular weight excluding hydrogens is 232 g/mol. The molecule has 1 aliphatic rings. The summed E-state index contributed by atoms with van der Waals surface area (Å²) in [6, 6.07) is 4.93. The molecule has 1 aromatic rings. The standard InChI is InChI=1S/C14H14O4/c1-8(15)11-6-5-9-3-4-10(14(17)18-2)7-12(9)13(11)16/h3-4,7,11H,5-6H2,1-2H3. The van der Waals surface area contributed by atoms with Crippen molar-refractivity contribution in [1.29, 1.82) is 0 Å². The Morgan fingerprint density at radius 1 is 1.33 bits per heavy atom. The lowest BCUT2D eigenvalue weighted by atomic mass is 9.80. The van der Waals surface area contributed by atoms with Crippen LogP contribution in [0.3, 0.4) is 0 Å². The van der Waals surface area contributed by atoms with Crippen molar-refractivity contribution in [3.63, 3.8) is 0 Å². The Labute approximate surface area is 105 Å². The lowest BCUT2D eigenvalue weighted by Crippen LogP contribution is -2.28. The van der Waals surface area contributed by atoms with E-state index >= 15 is 0 Å². The highest BCUT2D eigenvalue weighted by atomic mass is 16.5. The molecule has 1 aromatic carbocycles. The van der Waals surface area contributed by atoms with Gasteiger partial charge in [0.15, 0.2) is 5.78 Å². The Morgan fingerprint density at radius 3 is 2.67 bits per heavy atom. The van der Waals surface area contributed by atoms with Crippen LogP contribution in [0, 0.1) is 5.92 Å². The van der Waals surface area contributed by atoms with Gasteiger partial charge in [-0.05, 0) is 37.5 Å². The number of hydrogen-bond donors (Lipinski definition) is 0. The van der Waals surface area contributed by atoms with Crippen molar-refractivity contribution < 1.29 is 19.1 Å². The SMILES string of the molecule is COC(=O)c1ccc2c(c1)C(=O)C(C(C)=O)CC2. The third-order valence-corrected chi connectivity index (χ3v) is 3.31. The highest BCUT2D eigenvalue weighted by Crippen LogP contribution is 2.27. The van der Waals surface area contributed by atoms with Crippen LogP contribution in [0.1, 0.15) is 39.6 Å². The van der Waals surface area contributed by atoms with E-state index in [1.54, 1.807) is 12.1 Å². The zero-order chi connectivity index (χ0) is 13.3. The average molecular weight is 246 g/mol. The van der Waals surface area contributed by atoms with Crippen LogP contribution < -0.4 is 0 Å². The molecule has 0 heterocycles. The van der Waals surface area contributed by atoms with Gasteiger partial charge in [0.05, 0.1) is 18.6 Å². The monoisotopic (exact) mass is 246 g/mol. The van der Waals surface area contributed by atoms with Gasteiger partial charge in [0.1, 0.15) is 5.78 Å². The maximum atomic E-state index is 12.1. The molecule has 1 unspecified atom stereocenters. The molecule has 1 atom stereocenters. The first kappa shape index (κ1) is 12.5. The predicted molar refractivity (Wildman–Crippen MR) is 64.6 cm³/mol. The van der Waals surface area contributed by atoms with Crippen molar-refractivity contribution in [2.45, 2.75) is 19.8 Å². The van der Waals surface area contributed by atoms with Crippen molar-refractivity contribution >= 4 is 17.5 Å². The molecule has 0 radical (unpaired) electrons. The van der Waals surface area contributed by atoms with Crippen LogP contribution >= 0.6 is 0 Å². The van der Waals surface area contributed by atoms with Crippen molar-refractivity contribution in [1.82, 2.24) is 0 Å². The number of rotatable bonds is 2. The second-order valence-corrected chi connectivity index (χ2v) is 4.43. The van der Waals surface area contributed by atoms with E-state index in [1.807, 2.05) is 0 Å². The number of methoxy groups -OCH3 is 1. The molecule has 4 nitrogen and oxygen atoms in total. The Balaban J connectivity index is 2.42. The number of benzene rings is 1. The number of hydrogen-bond acceptors (Lipinski definition) is 4. The van der Waals surface area contributed by atoms with E-state index in [4.69, 9.17) is 0 Å². The minimum absolute atomic E-state index is 0.117. The first-order chi connectivity index (χ1) is 8.54. The number of carbonyl (C=O) groups excluding carboxylic acids is 3. The molecule has 4 heteroatoms. The zero-order valence-electron chi connectivity index (χ0n) is 10.4. The highest BCUT2D eigenvalue weighted by Gasteiger charge is 2.30. The van der Waals surface area contributed by atoms with Crippen LogP contribution in [-0.2, 0) is 16.0 Å². The first-order valence-corrected chi connectivity index (χ1v) is 5.80. The average Bonchev–Trinajstić information content (AvgIpc) is 2.37. The second-order valence-electron chi connectivity index (χ2n) is 4.43. The number of ketones is 2. The van der Waals surface area contributed by atoms with E-state index in [-0.39, 0.29) is 11.6 Å². The van der Waals surface area contributed by atoms with Gasteiger partial charge in [-0.2, -0.15) is 0 Å². The number of ether oxygens (including phenoxy) is 1. The lowest BCUT2D eigenvalue weighted by Gasteiger charge is -2.21. The maximum absolute atomic E-state index is 12.1. The minimum Gasteiger partial charge on any atom is -0.465 e. The molecule has 0 bridgehead atoms. The Hall–Kier alpha value is -1.97. The Bertz CT molecular complexity index is 531. The zero-order valence-corrected chi connectivity index (χ0v) is 10.4. The largest absolute Gasteiger partial charge is 0.465 e. The van der Waals surface area contributed by atoms with E-state index in [9.17, 15) is 14.4 Å². The number of esters is 1. The fraction of sp³-hybridized carbons (Fsp3) is 0.357. The molecule has 0 amide bonds. The third kappa shape index (κ3) is 2.06. The fourth-order valence-electron chi connectivity index (χ4n) is 2.28. The van der Waals surface area contributed by atoms with Gasteiger partial charge in [0, 0.05) is 5.56 Å². The van der Waals surface area contributed by atoms with Crippen LogP contribution in [0.4, 0.5) is 0 Å². The van der Waals surface area contributed by atoms with Crippen LogP contribution in [-0.4, -0.2) is 24.6 Å². The summed E-state index contributed by atoms with van der Waals surface area (Å²) in [5.41, 5.74) is 1.71. The van der Waals surface area contributed by atoms with Crippen molar-refractivity contribution in [3.8, 4) is 0 Å². The molecule has 0 fully saturated rings. The van der Waals surface area contributed by atoms with Crippen LogP contribution in [0.25, 0.3) is 0 Å². The molecule has 2 rings (SSSR count). The van der Waals surface area contributed by atoms with Gasteiger partial charge in [0.2, 0.25) is 0 Å². The molecule has 0 aromatic heterocycles. The summed E-state index contributed by atoms with van der Waals surface area (Å²) < 4.78 is 4.62. The van der Waals surface area contributed by atoms with E-state index < -0.39 is 11.9 Å². The summed E-state index contributed by atoms with van der Waals surface area (Å²) in [6.45, 7) is 1.43. The van der Waals surface area contributed by atoms with Gasteiger partial charge in [-0.3, -0.25) is 9.59 Å². The summed E-state index contributed by atoms with van der Waals surface area (Å²) in [6.07, 6.45) is 1.24. The highest BCUT2D eigenvalue weighted by molar-refractivity contribution is 6.12. The van der Waals surface area contributed by atoms with Crippen molar-refractivity contribution in [3.05, 3.63) is 34.9 Å². The molecule has 18 heavy (non-hydrogen) atoms. The van der Waals surface area contributed by atoms with Gasteiger partial charge < -0.3 is 4.74 Å². The van der Waals surface area contributed by atoms with Gasteiger partial charge in [-0.15, -0.1) is 0 Å².